The lowest BCUT2D eigenvalue weighted by Gasteiger charge is -1.91. The van der Waals surface area contributed by atoms with Crippen LogP contribution in [0.5, 0.6) is 0 Å². The summed E-state index contributed by atoms with van der Waals surface area (Å²) in [4.78, 5) is 0. The fourth-order valence-corrected chi connectivity index (χ4v) is 0.333. The van der Waals surface area contributed by atoms with E-state index in [9.17, 15) is 8.78 Å². The van der Waals surface area contributed by atoms with Crippen LogP contribution in [-0.4, -0.2) is 6.43 Å². The monoisotopic (exact) mass is 120 g/mol. The van der Waals surface area contributed by atoms with Crippen LogP contribution >= 0.6 is 0 Å². The summed E-state index contributed by atoms with van der Waals surface area (Å²) in [6, 6.07) is 0. The summed E-state index contributed by atoms with van der Waals surface area (Å²) in [5.74, 6) is 0. The highest BCUT2D eigenvalue weighted by molar-refractivity contribution is 4.97. The first-order valence-corrected chi connectivity index (χ1v) is 2.62. The number of halogens is 2. The highest BCUT2D eigenvalue weighted by Gasteiger charge is 1.94. The van der Waals surface area contributed by atoms with E-state index in [2.05, 4.69) is 0 Å². The zero-order valence-electron chi connectivity index (χ0n) is 5.12. The maximum Gasteiger partial charge on any atom is 0.257 e. The minimum Gasteiger partial charge on any atom is -0.206 e. The van der Waals surface area contributed by atoms with Crippen LogP contribution in [0.3, 0.4) is 0 Å². The Kier molecular flexibility index (Phi) is 3.40. The zero-order chi connectivity index (χ0) is 6.57. The van der Waals surface area contributed by atoms with Crippen molar-refractivity contribution in [3.63, 3.8) is 0 Å². The molecule has 0 heterocycles. The third-order valence-electron chi connectivity index (χ3n) is 0.968. The Hall–Kier alpha value is -0.400. The molecule has 2 heteroatoms. The van der Waals surface area contributed by atoms with Gasteiger partial charge in [0.25, 0.3) is 6.43 Å². The SMILES string of the molecule is CC/C(C)=C/C(F)F. The van der Waals surface area contributed by atoms with E-state index < -0.39 is 6.43 Å². The molecule has 0 aromatic rings. The standard InChI is InChI=1S/C6H10F2/c1-3-5(2)4-6(7)8/h4,6H,3H2,1-2H3/b5-4+. The summed E-state index contributed by atoms with van der Waals surface area (Å²) < 4.78 is 22.8. The number of rotatable bonds is 2. The molecule has 0 radical (unpaired) electrons. The highest BCUT2D eigenvalue weighted by Crippen LogP contribution is 2.03. The number of allylic oxidation sites excluding steroid dienone is 2. The molecule has 0 spiro atoms. The second-order valence-electron chi connectivity index (χ2n) is 1.70. The second kappa shape index (κ2) is 3.58. The van der Waals surface area contributed by atoms with Gasteiger partial charge in [0.05, 0.1) is 0 Å². The van der Waals surface area contributed by atoms with E-state index in [0.717, 1.165) is 11.6 Å². The van der Waals surface area contributed by atoms with E-state index in [1.807, 2.05) is 6.92 Å². The Bertz CT molecular complexity index is 84.5. The predicted molar refractivity (Wildman–Crippen MR) is 30.1 cm³/mol. The third kappa shape index (κ3) is 3.78. The van der Waals surface area contributed by atoms with Crippen LogP contribution in [0.2, 0.25) is 0 Å². The van der Waals surface area contributed by atoms with E-state index in [4.69, 9.17) is 0 Å². The van der Waals surface area contributed by atoms with Crippen molar-refractivity contribution >= 4 is 0 Å². The fourth-order valence-electron chi connectivity index (χ4n) is 0.333. The third-order valence-corrected chi connectivity index (χ3v) is 0.968. The summed E-state index contributed by atoms with van der Waals surface area (Å²) in [5, 5.41) is 0. The molecule has 0 aliphatic rings. The smallest absolute Gasteiger partial charge is 0.206 e. The van der Waals surface area contributed by atoms with Crippen molar-refractivity contribution in [3.05, 3.63) is 11.6 Å². The molecular weight excluding hydrogens is 110 g/mol. The van der Waals surface area contributed by atoms with Gasteiger partial charge < -0.3 is 0 Å². The van der Waals surface area contributed by atoms with Crippen molar-refractivity contribution in [1.29, 1.82) is 0 Å². The van der Waals surface area contributed by atoms with Crippen molar-refractivity contribution in [3.8, 4) is 0 Å². The molecule has 48 valence electrons. The van der Waals surface area contributed by atoms with Crippen molar-refractivity contribution < 1.29 is 8.78 Å². The van der Waals surface area contributed by atoms with Crippen LogP contribution in [0.1, 0.15) is 20.3 Å². The first-order chi connectivity index (χ1) is 3.66. The molecule has 0 aromatic carbocycles. The molecule has 0 N–H and O–H groups in total. The number of hydrogen-bond donors (Lipinski definition) is 0. The van der Waals surface area contributed by atoms with Gasteiger partial charge in [-0.05, 0) is 19.4 Å². The molecule has 0 rings (SSSR count). The summed E-state index contributed by atoms with van der Waals surface area (Å²) in [7, 11) is 0. The Morgan fingerprint density at radius 3 is 2.25 bits per heavy atom. The Morgan fingerprint density at radius 1 is 1.62 bits per heavy atom. The van der Waals surface area contributed by atoms with Gasteiger partial charge in [0.2, 0.25) is 0 Å². The quantitative estimate of drug-likeness (QED) is 0.491. The van der Waals surface area contributed by atoms with E-state index >= 15 is 0 Å². The van der Waals surface area contributed by atoms with Gasteiger partial charge >= 0.3 is 0 Å². The largest absolute Gasteiger partial charge is 0.257 e. The van der Waals surface area contributed by atoms with Gasteiger partial charge in [0.1, 0.15) is 0 Å². The highest BCUT2D eigenvalue weighted by atomic mass is 19.3. The lowest BCUT2D eigenvalue weighted by atomic mass is 10.2. The Morgan fingerprint density at radius 2 is 2.12 bits per heavy atom. The number of alkyl halides is 2. The fraction of sp³-hybridized carbons (Fsp3) is 0.667. The molecule has 0 aliphatic heterocycles. The molecule has 0 saturated heterocycles. The summed E-state index contributed by atoms with van der Waals surface area (Å²) in [6.07, 6.45) is -0.598. The van der Waals surface area contributed by atoms with Crippen molar-refractivity contribution in [1.82, 2.24) is 0 Å². The van der Waals surface area contributed by atoms with Crippen LogP contribution in [0, 0.1) is 0 Å². The Balaban J connectivity index is 3.56. The molecule has 0 atom stereocenters. The molecule has 0 bridgehead atoms. The van der Waals surface area contributed by atoms with Crippen LogP contribution in [0.15, 0.2) is 11.6 Å². The van der Waals surface area contributed by atoms with Gasteiger partial charge in [0, 0.05) is 0 Å². The van der Waals surface area contributed by atoms with Gasteiger partial charge in [-0.15, -0.1) is 0 Å². The number of hydrogen-bond acceptors (Lipinski definition) is 0. The van der Waals surface area contributed by atoms with Gasteiger partial charge in [-0.25, -0.2) is 8.78 Å². The van der Waals surface area contributed by atoms with Crippen LogP contribution in [0.4, 0.5) is 8.78 Å². The molecule has 0 nitrogen and oxygen atoms in total. The summed E-state index contributed by atoms with van der Waals surface area (Å²) in [6.45, 7) is 3.56. The first-order valence-electron chi connectivity index (χ1n) is 2.62. The topological polar surface area (TPSA) is 0 Å². The minimum atomic E-state index is -2.28. The lowest BCUT2D eigenvalue weighted by Crippen LogP contribution is -1.83. The van der Waals surface area contributed by atoms with Crippen LogP contribution < -0.4 is 0 Å². The van der Waals surface area contributed by atoms with Gasteiger partial charge in [-0.1, -0.05) is 12.5 Å². The average molecular weight is 120 g/mol. The molecule has 0 aliphatic carbocycles. The Labute approximate surface area is 48.2 Å². The summed E-state index contributed by atoms with van der Waals surface area (Å²) in [5.41, 5.74) is 0.750. The van der Waals surface area contributed by atoms with E-state index in [0.29, 0.717) is 6.42 Å². The van der Waals surface area contributed by atoms with E-state index in [1.165, 1.54) is 0 Å². The van der Waals surface area contributed by atoms with Crippen LogP contribution in [0.25, 0.3) is 0 Å². The normalized spacial score (nSPS) is 12.9. The molecule has 0 unspecified atom stereocenters. The first kappa shape index (κ1) is 7.60. The molecule has 0 saturated carbocycles. The van der Waals surface area contributed by atoms with Gasteiger partial charge in [-0.2, -0.15) is 0 Å². The lowest BCUT2D eigenvalue weighted by molar-refractivity contribution is 0.203. The minimum absolute atomic E-state index is 0.713. The summed E-state index contributed by atoms with van der Waals surface area (Å²) >= 11 is 0. The average Bonchev–Trinajstić information content (AvgIpc) is 1.65. The molecule has 0 fully saturated rings. The molecule has 0 amide bonds. The van der Waals surface area contributed by atoms with Crippen molar-refractivity contribution in [2.75, 3.05) is 0 Å². The molecular formula is C6H10F2. The zero-order valence-corrected chi connectivity index (χ0v) is 5.12. The van der Waals surface area contributed by atoms with Gasteiger partial charge in [0.15, 0.2) is 0 Å². The van der Waals surface area contributed by atoms with E-state index in [-0.39, 0.29) is 0 Å². The van der Waals surface area contributed by atoms with Crippen molar-refractivity contribution in [2.45, 2.75) is 26.7 Å². The van der Waals surface area contributed by atoms with Crippen molar-refractivity contribution in [2.24, 2.45) is 0 Å². The molecule has 8 heavy (non-hydrogen) atoms. The predicted octanol–water partition coefficient (Wildman–Crippen LogP) is 2.61. The van der Waals surface area contributed by atoms with Gasteiger partial charge in [-0.3, -0.25) is 0 Å². The molecule has 0 aromatic heterocycles. The van der Waals surface area contributed by atoms with E-state index in [1.54, 1.807) is 6.92 Å². The van der Waals surface area contributed by atoms with Crippen LogP contribution in [-0.2, 0) is 0 Å². The maximum absolute atomic E-state index is 11.4. The maximum atomic E-state index is 11.4. The second-order valence-corrected chi connectivity index (χ2v) is 1.70.